The number of anilines is 2. The fraction of sp³-hybridized carbons (Fsp3) is 0.190. The molecule has 0 bridgehead atoms. The smallest absolute Gasteiger partial charge is 0.349 e. The number of thioether (sulfide) groups is 1. The Balaban J connectivity index is 1.95. The lowest BCUT2D eigenvalue weighted by Gasteiger charge is -2.11. The van der Waals surface area contributed by atoms with Crippen molar-refractivity contribution in [1.29, 1.82) is 5.26 Å². The molecule has 0 aliphatic heterocycles. The maximum atomic E-state index is 12.1. The molecule has 0 radical (unpaired) electrons. The number of hydrogen-bond donors (Lipinski definition) is 1. The topological polar surface area (TPSA) is 82.4 Å². The fourth-order valence-corrected chi connectivity index (χ4v) is 2.74. The molecular weight excluding hydrogens is 374 g/mol. The number of hydrogen-bond acceptors (Lipinski definition) is 6. The number of nitrogens with zero attached hydrogens (tertiary/aromatic N) is 2. The van der Waals surface area contributed by atoms with Crippen molar-refractivity contribution in [2.45, 2.75) is 4.90 Å². The van der Waals surface area contributed by atoms with E-state index in [4.69, 9.17) is 4.74 Å². The minimum atomic E-state index is -0.841. The van der Waals surface area contributed by atoms with Gasteiger partial charge in [0.15, 0.2) is 6.61 Å². The summed E-state index contributed by atoms with van der Waals surface area (Å²) in [5.41, 5.74) is 2.14. The number of amides is 1. The van der Waals surface area contributed by atoms with Crippen LogP contribution in [-0.4, -0.2) is 38.8 Å². The van der Waals surface area contributed by atoms with Gasteiger partial charge in [-0.3, -0.25) is 4.79 Å². The first-order chi connectivity index (χ1) is 13.4. The van der Waals surface area contributed by atoms with Gasteiger partial charge in [0.05, 0.1) is 0 Å². The highest BCUT2D eigenvalue weighted by atomic mass is 32.2. The van der Waals surface area contributed by atoms with E-state index in [0.717, 1.165) is 10.6 Å². The second-order valence-corrected chi connectivity index (χ2v) is 6.89. The molecule has 28 heavy (non-hydrogen) atoms. The minimum Gasteiger partial charge on any atom is -0.451 e. The molecule has 0 spiro atoms. The zero-order valence-corrected chi connectivity index (χ0v) is 16.7. The summed E-state index contributed by atoms with van der Waals surface area (Å²) in [6.07, 6.45) is 3.37. The van der Waals surface area contributed by atoms with Crippen molar-refractivity contribution in [2.24, 2.45) is 0 Å². The van der Waals surface area contributed by atoms with Crippen LogP contribution in [0.3, 0.4) is 0 Å². The molecule has 0 aliphatic rings. The number of benzene rings is 2. The minimum absolute atomic E-state index is 0.171. The molecule has 0 unspecified atom stereocenters. The third-order valence-corrected chi connectivity index (χ3v) is 4.47. The van der Waals surface area contributed by atoms with E-state index in [1.165, 1.54) is 6.08 Å². The van der Waals surface area contributed by atoms with Crippen LogP contribution in [0.4, 0.5) is 11.4 Å². The molecule has 0 saturated heterocycles. The zero-order chi connectivity index (χ0) is 20.5. The first-order valence-electron chi connectivity index (χ1n) is 8.43. The van der Waals surface area contributed by atoms with Gasteiger partial charge in [0.25, 0.3) is 5.91 Å². The van der Waals surface area contributed by atoms with Crippen LogP contribution in [0.2, 0.25) is 0 Å². The van der Waals surface area contributed by atoms with Gasteiger partial charge in [0.2, 0.25) is 0 Å². The van der Waals surface area contributed by atoms with Gasteiger partial charge in [-0.1, -0.05) is 18.2 Å². The average Bonchev–Trinajstić information content (AvgIpc) is 2.70. The van der Waals surface area contributed by atoms with E-state index in [-0.39, 0.29) is 5.57 Å². The van der Waals surface area contributed by atoms with Gasteiger partial charge in [-0.15, -0.1) is 11.8 Å². The molecule has 144 valence electrons. The SMILES string of the molecule is CSc1cccc(NC(=O)COC(=O)/C(C#N)=C/c2ccc(N(C)C)cc2)c1. The average molecular weight is 395 g/mol. The third kappa shape index (κ3) is 6.18. The van der Waals surface area contributed by atoms with E-state index in [1.807, 2.05) is 61.7 Å². The van der Waals surface area contributed by atoms with Crippen LogP contribution in [0.15, 0.2) is 59.0 Å². The highest BCUT2D eigenvalue weighted by molar-refractivity contribution is 7.98. The molecule has 0 heterocycles. The summed E-state index contributed by atoms with van der Waals surface area (Å²) < 4.78 is 4.96. The fourth-order valence-electron chi connectivity index (χ4n) is 2.28. The third-order valence-electron chi connectivity index (χ3n) is 3.75. The lowest BCUT2D eigenvalue weighted by atomic mass is 10.1. The number of nitriles is 1. The van der Waals surface area contributed by atoms with Crippen molar-refractivity contribution in [2.75, 3.05) is 37.2 Å². The summed E-state index contributed by atoms with van der Waals surface area (Å²) in [5.74, 6) is -1.31. The molecule has 7 heteroatoms. The van der Waals surface area contributed by atoms with E-state index in [0.29, 0.717) is 11.3 Å². The Morgan fingerprint density at radius 2 is 1.93 bits per heavy atom. The van der Waals surface area contributed by atoms with Crippen LogP contribution < -0.4 is 10.2 Å². The maximum Gasteiger partial charge on any atom is 0.349 e. The Hall–Kier alpha value is -3.24. The standard InChI is InChI=1S/C21H21N3O3S/c1-24(2)18-9-7-15(8-10-18)11-16(13-22)21(26)27-14-20(25)23-17-5-4-6-19(12-17)28-3/h4-12H,14H2,1-3H3,(H,23,25)/b16-11+. The van der Waals surface area contributed by atoms with E-state index in [1.54, 1.807) is 30.0 Å². The molecule has 2 rings (SSSR count). The van der Waals surface area contributed by atoms with Crippen molar-refractivity contribution in [3.05, 3.63) is 59.7 Å². The van der Waals surface area contributed by atoms with E-state index >= 15 is 0 Å². The second kappa shape index (κ2) is 10.2. The first-order valence-corrected chi connectivity index (χ1v) is 9.65. The van der Waals surface area contributed by atoms with E-state index in [9.17, 15) is 14.9 Å². The summed E-state index contributed by atoms with van der Waals surface area (Å²) >= 11 is 1.56. The highest BCUT2D eigenvalue weighted by Crippen LogP contribution is 2.19. The van der Waals surface area contributed by atoms with Crippen molar-refractivity contribution in [1.82, 2.24) is 0 Å². The van der Waals surface area contributed by atoms with Gasteiger partial charge in [-0.25, -0.2) is 4.79 Å². The molecule has 2 aromatic rings. The van der Waals surface area contributed by atoms with Crippen LogP contribution in [0.1, 0.15) is 5.56 Å². The predicted molar refractivity (Wildman–Crippen MR) is 112 cm³/mol. The number of rotatable bonds is 7. The molecule has 0 aromatic heterocycles. The summed E-state index contributed by atoms with van der Waals surface area (Å²) in [7, 11) is 3.84. The normalized spacial score (nSPS) is 10.7. The molecule has 0 fully saturated rings. The molecule has 1 amide bonds. The van der Waals surface area contributed by atoms with Crippen LogP contribution in [0.5, 0.6) is 0 Å². The molecule has 0 atom stereocenters. The second-order valence-electron chi connectivity index (χ2n) is 6.01. The number of nitrogens with one attached hydrogen (secondary N) is 1. The molecular formula is C21H21N3O3S. The quantitative estimate of drug-likeness (QED) is 0.334. The molecule has 0 saturated carbocycles. The van der Waals surface area contributed by atoms with Gasteiger partial charge < -0.3 is 15.0 Å². The van der Waals surface area contributed by atoms with Crippen molar-refractivity contribution in [3.63, 3.8) is 0 Å². The van der Waals surface area contributed by atoms with Crippen molar-refractivity contribution >= 4 is 41.1 Å². The summed E-state index contributed by atoms with van der Waals surface area (Å²) in [5, 5.41) is 11.9. The number of carbonyl (C=O) groups excluding carboxylic acids is 2. The number of esters is 1. The molecule has 2 aromatic carbocycles. The van der Waals surface area contributed by atoms with E-state index in [2.05, 4.69) is 5.32 Å². The first kappa shape index (κ1) is 21.1. The predicted octanol–water partition coefficient (Wildman–Crippen LogP) is 3.56. The van der Waals surface area contributed by atoms with Crippen LogP contribution in [0, 0.1) is 11.3 Å². The monoisotopic (exact) mass is 395 g/mol. The van der Waals surface area contributed by atoms with Gasteiger partial charge in [0.1, 0.15) is 11.6 Å². The van der Waals surface area contributed by atoms with Gasteiger partial charge >= 0.3 is 5.97 Å². The highest BCUT2D eigenvalue weighted by Gasteiger charge is 2.13. The Bertz CT molecular complexity index is 915. The summed E-state index contributed by atoms with van der Waals surface area (Å²) in [6, 6.07) is 16.5. The van der Waals surface area contributed by atoms with Crippen molar-refractivity contribution < 1.29 is 14.3 Å². The summed E-state index contributed by atoms with van der Waals surface area (Å²) in [6.45, 7) is -0.471. The van der Waals surface area contributed by atoms with E-state index < -0.39 is 18.5 Å². The maximum absolute atomic E-state index is 12.1. The van der Waals surface area contributed by atoms with Gasteiger partial charge in [0, 0.05) is 30.4 Å². The Morgan fingerprint density at radius 3 is 2.54 bits per heavy atom. The lowest BCUT2D eigenvalue weighted by molar-refractivity contribution is -0.142. The van der Waals surface area contributed by atoms with Crippen LogP contribution in [0.25, 0.3) is 6.08 Å². The van der Waals surface area contributed by atoms with Crippen LogP contribution >= 0.6 is 11.8 Å². The lowest BCUT2D eigenvalue weighted by Crippen LogP contribution is -2.21. The molecule has 1 N–H and O–H groups in total. The van der Waals surface area contributed by atoms with Crippen molar-refractivity contribution in [3.8, 4) is 6.07 Å². The van der Waals surface area contributed by atoms with Crippen LogP contribution in [-0.2, 0) is 14.3 Å². The Morgan fingerprint density at radius 1 is 1.21 bits per heavy atom. The molecule has 0 aliphatic carbocycles. The van der Waals surface area contributed by atoms with Gasteiger partial charge in [-0.2, -0.15) is 5.26 Å². The number of carbonyl (C=O) groups is 2. The largest absolute Gasteiger partial charge is 0.451 e. The summed E-state index contributed by atoms with van der Waals surface area (Å²) in [4.78, 5) is 27.0. The Labute approximate surface area is 168 Å². The molecule has 6 nitrogen and oxygen atoms in total. The zero-order valence-electron chi connectivity index (χ0n) is 15.9. The Kier molecular flexibility index (Phi) is 7.66. The number of ether oxygens (including phenoxy) is 1. The van der Waals surface area contributed by atoms with Gasteiger partial charge in [-0.05, 0) is 48.2 Å².